The number of hydrogen-bond acceptors (Lipinski definition) is 6. The Morgan fingerprint density at radius 1 is 0.389 bits per heavy atom. The molecule has 0 amide bonds. The van der Waals surface area contributed by atoms with Crippen LogP contribution in [-0.2, 0) is 28.6 Å². The number of unbranched alkanes of at least 4 members (excludes halogenated alkanes) is 21. The summed E-state index contributed by atoms with van der Waals surface area (Å²) < 4.78 is 16.6. The quantitative estimate of drug-likeness (QED) is 0.0268. The Balaban J connectivity index is 4.42. The Morgan fingerprint density at radius 3 is 1.13 bits per heavy atom. The van der Waals surface area contributed by atoms with Crippen molar-refractivity contribution < 1.29 is 28.6 Å². The molecule has 6 nitrogen and oxygen atoms in total. The van der Waals surface area contributed by atoms with Crippen LogP contribution in [-0.4, -0.2) is 37.2 Å². The van der Waals surface area contributed by atoms with E-state index in [9.17, 15) is 14.4 Å². The van der Waals surface area contributed by atoms with Crippen molar-refractivity contribution in [1.82, 2.24) is 0 Å². The molecule has 0 aliphatic carbocycles. The van der Waals surface area contributed by atoms with Crippen LogP contribution in [0, 0.1) is 0 Å². The fraction of sp³-hybridized carbons (Fsp3) is 0.771. The molecular weight excluding hydrogens is 673 g/mol. The molecule has 0 aliphatic rings. The molecule has 0 N–H and O–H groups in total. The average Bonchev–Trinajstić information content (AvgIpc) is 3.17. The lowest BCUT2D eigenvalue weighted by Crippen LogP contribution is -2.30. The van der Waals surface area contributed by atoms with Crippen molar-refractivity contribution in [1.29, 1.82) is 0 Å². The summed E-state index contributed by atoms with van der Waals surface area (Å²) in [5.74, 6) is -0.929. The van der Waals surface area contributed by atoms with Gasteiger partial charge in [0.1, 0.15) is 13.2 Å². The highest BCUT2D eigenvalue weighted by molar-refractivity contribution is 5.71. The van der Waals surface area contributed by atoms with Crippen molar-refractivity contribution in [2.45, 2.75) is 226 Å². The second-order valence-corrected chi connectivity index (χ2v) is 14.9. The lowest BCUT2D eigenvalue weighted by atomic mass is 10.0. The van der Waals surface area contributed by atoms with E-state index in [1.807, 2.05) is 0 Å². The average molecular weight is 757 g/mol. The summed E-state index contributed by atoms with van der Waals surface area (Å²) in [6, 6.07) is 0. The summed E-state index contributed by atoms with van der Waals surface area (Å²) in [4.78, 5) is 37.6. The second-order valence-electron chi connectivity index (χ2n) is 14.9. The number of carbonyl (C=O) groups is 3. The molecule has 0 aromatic rings. The molecule has 1 atom stereocenters. The zero-order chi connectivity index (χ0) is 39.4. The number of carbonyl (C=O) groups excluding carboxylic acids is 3. The monoisotopic (exact) mass is 757 g/mol. The van der Waals surface area contributed by atoms with E-state index in [1.54, 1.807) is 0 Å². The third-order valence-corrected chi connectivity index (χ3v) is 9.60. The number of hydrogen-bond donors (Lipinski definition) is 0. The van der Waals surface area contributed by atoms with Crippen molar-refractivity contribution >= 4 is 17.9 Å². The maximum atomic E-state index is 12.7. The fourth-order valence-corrected chi connectivity index (χ4v) is 6.20. The van der Waals surface area contributed by atoms with Gasteiger partial charge in [0.05, 0.1) is 0 Å². The van der Waals surface area contributed by atoms with E-state index in [4.69, 9.17) is 14.2 Å². The molecule has 0 fully saturated rings. The molecular formula is C48H84O6. The first-order chi connectivity index (χ1) is 26.5. The lowest BCUT2D eigenvalue weighted by Gasteiger charge is -2.18. The Kier molecular flexibility index (Phi) is 41.0. The topological polar surface area (TPSA) is 78.9 Å². The van der Waals surface area contributed by atoms with E-state index in [2.05, 4.69) is 69.4 Å². The molecule has 0 aliphatic heterocycles. The van der Waals surface area contributed by atoms with Gasteiger partial charge in [-0.05, 0) is 57.8 Å². The van der Waals surface area contributed by atoms with Crippen molar-refractivity contribution in [3.05, 3.63) is 48.6 Å². The van der Waals surface area contributed by atoms with Crippen LogP contribution >= 0.6 is 0 Å². The molecule has 0 aromatic carbocycles. The van der Waals surface area contributed by atoms with E-state index < -0.39 is 6.10 Å². The zero-order valence-corrected chi connectivity index (χ0v) is 35.5. The van der Waals surface area contributed by atoms with Gasteiger partial charge in [-0.3, -0.25) is 14.4 Å². The van der Waals surface area contributed by atoms with Gasteiger partial charge in [-0.2, -0.15) is 0 Å². The largest absolute Gasteiger partial charge is 0.462 e. The number of esters is 3. The first-order valence-electron chi connectivity index (χ1n) is 22.6. The van der Waals surface area contributed by atoms with Gasteiger partial charge in [0.25, 0.3) is 0 Å². The van der Waals surface area contributed by atoms with Crippen LogP contribution in [0.25, 0.3) is 0 Å². The molecule has 0 radical (unpaired) electrons. The third kappa shape index (κ3) is 40.6. The minimum Gasteiger partial charge on any atom is -0.462 e. The van der Waals surface area contributed by atoms with E-state index >= 15 is 0 Å². The van der Waals surface area contributed by atoms with E-state index in [0.29, 0.717) is 19.3 Å². The van der Waals surface area contributed by atoms with Gasteiger partial charge in [0, 0.05) is 19.3 Å². The van der Waals surface area contributed by atoms with Gasteiger partial charge in [-0.1, -0.05) is 191 Å². The molecule has 0 unspecified atom stereocenters. The number of ether oxygens (including phenoxy) is 3. The first-order valence-corrected chi connectivity index (χ1v) is 22.6. The molecule has 0 bridgehead atoms. The second kappa shape index (κ2) is 43.1. The third-order valence-electron chi connectivity index (χ3n) is 9.60. The van der Waals surface area contributed by atoms with Crippen molar-refractivity contribution in [2.24, 2.45) is 0 Å². The molecule has 0 spiro atoms. The summed E-state index contributed by atoms with van der Waals surface area (Å²) in [5.41, 5.74) is 0. The summed E-state index contributed by atoms with van der Waals surface area (Å²) >= 11 is 0. The Bertz CT molecular complexity index is 964. The van der Waals surface area contributed by atoms with Crippen LogP contribution < -0.4 is 0 Å². The van der Waals surface area contributed by atoms with Crippen LogP contribution in [0.4, 0.5) is 0 Å². The minimum absolute atomic E-state index is 0.0838. The van der Waals surface area contributed by atoms with Gasteiger partial charge in [-0.25, -0.2) is 0 Å². The highest BCUT2D eigenvalue weighted by Gasteiger charge is 2.19. The number of rotatable bonds is 40. The smallest absolute Gasteiger partial charge is 0.306 e. The van der Waals surface area contributed by atoms with E-state index in [1.165, 1.54) is 96.3 Å². The highest BCUT2D eigenvalue weighted by Crippen LogP contribution is 2.14. The van der Waals surface area contributed by atoms with Crippen LogP contribution in [0.5, 0.6) is 0 Å². The first kappa shape index (κ1) is 51.4. The summed E-state index contributed by atoms with van der Waals surface area (Å²) in [6.45, 7) is 6.45. The summed E-state index contributed by atoms with van der Waals surface area (Å²) in [7, 11) is 0. The van der Waals surface area contributed by atoms with Gasteiger partial charge >= 0.3 is 17.9 Å². The predicted octanol–water partition coefficient (Wildman–Crippen LogP) is 14.4. The molecule has 54 heavy (non-hydrogen) atoms. The van der Waals surface area contributed by atoms with Crippen LogP contribution in [0.1, 0.15) is 220 Å². The maximum Gasteiger partial charge on any atom is 0.306 e. The van der Waals surface area contributed by atoms with Gasteiger partial charge in [0.15, 0.2) is 6.10 Å². The van der Waals surface area contributed by atoms with Gasteiger partial charge < -0.3 is 14.2 Å². The van der Waals surface area contributed by atoms with Crippen molar-refractivity contribution in [2.75, 3.05) is 13.2 Å². The minimum atomic E-state index is -0.782. The fourth-order valence-electron chi connectivity index (χ4n) is 6.20. The molecule has 312 valence electrons. The highest BCUT2D eigenvalue weighted by atomic mass is 16.6. The molecule has 0 heterocycles. The normalized spacial score (nSPS) is 12.4. The van der Waals surface area contributed by atoms with Crippen LogP contribution in [0.2, 0.25) is 0 Å². The SMILES string of the molecule is CC/C=C\C/C=C\C/C=C\C/C=C\CCCCC(=O)OC[C@@H](COC(=O)CCCCCCCCCCC)OC(=O)CCCCCCCCCCCCCC. The Morgan fingerprint density at radius 2 is 0.722 bits per heavy atom. The van der Waals surface area contributed by atoms with Crippen molar-refractivity contribution in [3.8, 4) is 0 Å². The zero-order valence-electron chi connectivity index (χ0n) is 35.5. The molecule has 0 saturated carbocycles. The van der Waals surface area contributed by atoms with Crippen LogP contribution in [0.3, 0.4) is 0 Å². The molecule has 0 saturated heterocycles. The van der Waals surface area contributed by atoms with E-state index in [0.717, 1.165) is 83.5 Å². The standard InChI is InChI=1S/C48H84O6/c1-4-7-10-13-16-19-21-23-24-25-27-29-32-35-38-41-47(50)53-44-45(43-52-46(49)40-37-34-31-28-18-15-12-9-6-3)54-48(51)42-39-36-33-30-26-22-20-17-14-11-8-5-2/h7,10,16,19,23-24,27,29,45H,4-6,8-9,11-15,17-18,20-22,25-26,28,30-44H2,1-3H3/b10-7-,19-16-,24-23-,29-27-/t45-/m1/s1. The van der Waals surface area contributed by atoms with Gasteiger partial charge in [0.2, 0.25) is 0 Å². The predicted molar refractivity (Wildman–Crippen MR) is 229 cm³/mol. The molecule has 0 rings (SSSR count). The Labute approximate surface area is 333 Å². The van der Waals surface area contributed by atoms with Crippen molar-refractivity contribution in [3.63, 3.8) is 0 Å². The maximum absolute atomic E-state index is 12.7. The lowest BCUT2D eigenvalue weighted by molar-refractivity contribution is -0.167. The number of allylic oxidation sites excluding steroid dienone is 8. The van der Waals surface area contributed by atoms with Crippen LogP contribution in [0.15, 0.2) is 48.6 Å². The summed E-state index contributed by atoms with van der Waals surface area (Å²) in [5, 5.41) is 0. The Hall–Kier alpha value is -2.63. The molecule has 0 aromatic heterocycles. The van der Waals surface area contributed by atoms with Gasteiger partial charge in [-0.15, -0.1) is 0 Å². The molecule has 6 heteroatoms. The van der Waals surface area contributed by atoms with E-state index in [-0.39, 0.29) is 31.1 Å². The summed E-state index contributed by atoms with van der Waals surface area (Å²) in [6.07, 6.45) is 49.5.